The molecule has 3 aromatic rings. The first-order valence-corrected chi connectivity index (χ1v) is 11.1. The molecule has 3 aromatic carbocycles. The molecule has 0 aromatic heterocycles. The Hall–Kier alpha value is -3.56. The summed E-state index contributed by atoms with van der Waals surface area (Å²) >= 11 is 6.41. The number of carbonyl (C=O) groups is 1. The molecule has 1 heterocycles. The number of thiocarbonyl (C=S) groups is 1. The van der Waals surface area contributed by atoms with Crippen molar-refractivity contribution < 1.29 is 18.8 Å². The molecule has 1 aliphatic heterocycles. The third-order valence-electron chi connectivity index (χ3n) is 5.01. The van der Waals surface area contributed by atoms with Crippen molar-refractivity contribution in [2.24, 2.45) is 0 Å². The van der Waals surface area contributed by atoms with Gasteiger partial charge in [0.25, 0.3) is 11.6 Å². The Kier molecular flexibility index (Phi) is 6.52. The lowest BCUT2D eigenvalue weighted by Crippen LogP contribution is -2.27. The molecule has 166 valence electrons. The number of nitrogens with zero attached hydrogens (tertiary/aromatic N) is 2. The van der Waals surface area contributed by atoms with Gasteiger partial charge in [0.1, 0.15) is 18.2 Å². The van der Waals surface area contributed by atoms with E-state index in [9.17, 15) is 19.3 Å². The van der Waals surface area contributed by atoms with E-state index in [4.69, 9.17) is 17.0 Å². The number of ether oxygens (including phenoxy) is 1. The van der Waals surface area contributed by atoms with Crippen molar-refractivity contribution in [1.82, 2.24) is 0 Å². The van der Waals surface area contributed by atoms with Crippen LogP contribution in [0, 0.1) is 22.9 Å². The van der Waals surface area contributed by atoms with Crippen LogP contribution < -0.4 is 9.64 Å². The van der Waals surface area contributed by atoms with E-state index in [0.29, 0.717) is 17.0 Å². The minimum absolute atomic E-state index is 0.126. The van der Waals surface area contributed by atoms with Gasteiger partial charge in [-0.1, -0.05) is 48.2 Å². The van der Waals surface area contributed by atoms with Crippen LogP contribution in [-0.4, -0.2) is 15.2 Å². The van der Waals surface area contributed by atoms with Crippen molar-refractivity contribution in [3.8, 4) is 5.75 Å². The maximum Gasteiger partial charge on any atom is 0.270 e. The van der Waals surface area contributed by atoms with Crippen LogP contribution in [-0.2, 0) is 11.4 Å². The van der Waals surface area contributed by atoms with Gasteiger partial charge in [-0.2, -0.15) is 0 Å². The number of nitro groups is 1. The summed E-state index contributed by atoms with van der Waals surface area (Å²) < 4.78 is 19.5. The lowest BCUT2D eigenvalue weighted by Gasteiger charge is -2.14. The Labute approximate surface area is 198 Å². The maximum absolute atomic E-state index is 13.3. The van der Waals surface area contributed by atoms with Crippen molar-refractivity contribution >= 4 is 51.7 Å². The van der Waals surface area contributed by atoms with Crippen LogP contribution in [0.25, 0.3) is 6.08 Å². The minimum atomic E-state index is -0.508. The standard InChI is InChI=1S/C24H17FN2O4S2/c1-15-4-2-3-5-16(15)14-31-21-11-10-20(27(29)30)12-17(21)13-22-23(28)26(24(32)33-22)19-8-6-18(25)7-9-19/h2-13H,14H2,1H3. The average Bonchev–Trinajstić information content (AvgIpc) is 3.07. The number of nitro benzene ring substituents is 1. The molecule has 0 aliphatic carbocycles. The summed E-state index contributed by atoms with van der Waals surface area (Å²) in [6, 6.07) is 17.4. The Morgan fingerprint density at radius 2 is 1.88 bits per heavy atom. The first-order chi connectivity index (χ1) is 15.8. The number of non-ortho nitro benzene ring substituents is 1. The fourth-order valence-electron chi connectivity index (χ4n) is 3.24. The lowest BCUT2D eigenvalue weighted by molar-refractivity contribution is -0.384. The van der Waals surface area contributed by atoms with Gasteiger partial charge in [0.2, 0.25) is 0 Å². The smallest absolute Gasteiger partial charge is 0.270 e. The monoisotopic (exact) mass is 480 g/mol. The molecule has 0 atom stereocenters. The largest absolute Gasteiger partial charge is 0.488 e. The van der Waals surface area contributed by atoms with Crippen LogP contribution in [0.5, 0.6) is 5.75 Å². The number of hydrogen-bond acceptors (Lipinski definition) is 6. The summed E-state index contributed by atoms with van der Waals surface area (Å²) in [6.45, 7) is 2.23. The molecule has 1 amide bonds. The van der Waals surface area contributed by atoms with Crippen molar-refractivity contribution in [3.05, 3.63) is 104 Å². The molecule has 0 bridgehead atoms. The van der Waals surface area contributed by atoms with E-state index >= 15 is 0 Å². The number of carbonyl (C=O) groups excluding carboxylic acids is 1. The third-order valence-corrected chi connectivity index (χ3v) is 6.32. The molecule has 0 spiro atoms. The Morgan fingerprint density at radius 1 is 1.15 bits per heavy atom. The number of aryl methyl sites for hydroxylation is 1. The highest BCUT2D eigenvalue weighted by Gasteiger charge is 2.33. The Bertz CT molecular complexity index is 1290. The van der Waals surface area contributed by atoms with Crippen LogP contribution in [0.1, 0.15) is 16.7 Å². The van der Waals surface area contributed by atoms with Crippen molar-refractivity contribution in [1.29, 1.82) is 0 Å². The molecule has 9 heteroatoms. The molecular formula is C24H17FN2O4S2. The summed E-state index contributed by atoms with van der Waals surface area (Å²) in [5.41, 5.74) is 2.74. The second-order valence-corrected chi connectivity index (χ2v) is 8.86. The molecular weight excluding hydrogens is 463 g/mol. The second-order valence-electron chi connectivity index (χ2n) is 7.19. The summed E-state index contributed by atoms with van der Waals surface area (Å²) in [6.07, 6.45) is 1.53. The molecule has 0 N–H and O–H groups in total. The Morgan fingerprint density at radius 3 is 2.58 bits per heavy atom. The van der Waals surface area contributed by atoms with Gasteiger partial charge in [0.05, 0.1) is 15.5 Å². The number of thioether (sulfide) groups is 1. The second kappa shape index (κ2) is 9.51. The first-order valence-electron chi connectivity index (χ1n) is 9.83. The van der Waals surface area contributed by atoms with Crippen LogP contribution in [0.4, 0.5) is 15.8 Å². The number of amides is 1. The van der Waals surface area contributed by atoms with Crippen LogP contribution >= 0.6 is 24.0 Å². The summed E-state index contributed by atoms with van der Waals surface area (Å²) in [5, 5.41) is 11.3. The predicted octanol–water partition coefficient (Wildman–Crippen LogP) is 6.03. The fraction of sp³-hybridized carbons (Fsp3) is 0.0833. The van der Waals surface area contributed by atoms with Crippen molar-refractivity contribution in [2.75, 3.05) is 4.90 Å². The van der Waals surface area contributed by atoms with E-state index in [1.165, 1.54) is 53.4 Å². The number of halogens is 1. The van der Waals surface area contributed by atoms with Gasteiger partial charge in [-0.15, -0.1) is 0 Å². The normalized spacial score (nSPS) is 14.7. The molecule has 0 saturated carbocycles. The number of anilines is 1. The number of hydrogen-bond donors (Lipinski definition) is 0. The van der Waals surface area contributed by atoms with Crippen molar-refractivity contribution in [2.45, 2.75) is 13.5 Å². The van der Waals surface area contributed by atoms with Gasteiger partial charge in [-0.05, 0) is 54.5 Å². The zero-order chi connectivity index (χ0) is 23.5. The maximum atomic E-state index is 13.3. The molecule has 0 unspecified atom stereocenters. The zero-order valence-electron chi connectivity index (χ0n) is 17.4. The van der Waals surface area contributed by atoms with Crippen LogP contribution in [0.2, 0.25) is 0 Å². The molecule has 6 nitrogen and oxygen atoms in total. The highest BCUT2D eigenvalue weighted by molar-refractivity contribution is 8.27. The van der Waals surface area contributed by atoms with Crippen molar-refractivity contribution in [3.63, 3.8) is 0 Å². The van der Waals surface area contributed by atoms with Gasteiger partial charge < -0.3 is 4.74 Å². The first kappa shape index (κ1) is 22.6. The molecule has 33 heavy (non-hydrogen) atoms. The molecule has 0 radical (unpaired) electrons. The number of rotatable bonds is 6. The predicted molar refractivity (Wildman–Crippen MR) is 131 cm³/mol. The van der Waals surface area contributed by atoms with Gasteiger partial charge >= 0.3 is 0 Å². The quantitative estimate of drug-likeness (QED) is 0.186. The zero-order valence-corrected chi connectivity index (χ0v) is 19.0. The average molecular weight is 481 g/mol. The van der Waals surface area contributed by atoms with E-state index in [-0.39, 0.29) is 21.5 Å². The molecule has 1 fully saturated rings. The topological polar surface area (TPSA) is 72.7 Å². The highest BCUT2D eigenvalue weighted by atomic mass is 32.2. The van der Waals surface area contributed by atoms with Gasteiger partial charge in [0.15, 0.2) is 4.32 Å². The fourth-order valence-corrected chi connectivity index (χ4v) is 4.53. The molecule has 1 aliphatic rings. The van der Waals surface area contributed by atoms with Crippen LogP contribution in [0.3, 0.4) is 0 Å². The Balaban J connectivity index is 1.66. The van der Waals surface area contributed by atoms with E-state index in [0.717, 1.165) is 22.9 Å². The van der Waals surface area contributed by atoms with E-state index in [2.05, 4.69) is 0 Å². The lowest BCUT2D eigenvalue weighted by atomic mass is 10.1. The molecule has 4 rings (SSSR count). The van der Waals surface area contributed by atoms with Gasteiger partial charge in [-0.3, -0.25) is 19.8 Å². The summed E-state index contributed by atoms with van der Waals surface area (Å²) in [7, 11) is 0. The summed E-state index contributed by atoms with van der Waals surface area (Å²) in [4.78, 5) is 25.4. The number of benzene rings is 3. The highest BCUT2D eigenvalue weighted by Crippen LogP contribution is 2.38. The minimum Gasteiger partial charge on any atom is -0.488 e. The van der Waals surface area contributed by atoms with E-state index in [1.54, 1.807) is 0 Å². The van der Waals surface area contributed by atoms with Gasteiger partial charge in [-0.25, -0.2) is 4.39 Å². The SMILES string of the molecule is Cc1ccccc1COc1ccc([N+](=O)[O-])cc1C=C1SC(=S)N(c2ccc(F)cc2)C1=O. The third kappa shape index (κ3) is 4.94. The van der Waals surface area contributed by atoms with Crippen LogP contribution in [0.15, 0.2) is 71.6 Å². The summed E-state index contributed by atoms with van der Waals surface area (Å²) in [5.74, 6) is -0.421. The van der Waals surface area contributed by atoms with Gasteiger partial charge in [0, 0.05) is 17.7 Å². The van der Waals surface area contributed by atoms with E-state index < -0.39 is 16.6 Å². The molecule has 1 saturated heterocycles. The van der Waals surface area contributed by atoms with E-state index in [1.807, 2.05) is 31.2 Å².